The number of rotatable bonds is 6. The minimum Gasteiger partial charge on any atom is -0.335 e. The van der Waals surface area contributed by atoms with Crippen LogP contribution in [0.5, 0.6) is 0 Å². The highest BCUT2D eigenvalue weighted by Gasteiger charge is 2.22. The number of nitrogens with one attached hydrogen (secondary N) is 1. The Morgan fingerprint density at radius 2 is 1.63 bits per heavy atom. The number of hydrogen-bond acceptors (Lipinski definition) is 5. The van der Waals surface area contributed by atoms with Gasteiger partial charge in [-0.05, 0) is 23.8 Å². The van der Waals surface area contributed by atoms with E-state index in [4.69, 9.17) is 0 Å². The van der Waals surface area contributed by atoms with Crippen molar-refractivity contribution in [2.45, 2.75) is 0 Å². The van der Waals surface area contributed by atoms with Gasteiger partial charge in [0.1, 0.15) is 5.69 Å². The Kier molecular flexibility index (Phi) is 6.47. The zero-order valence-corrected chi connectivity index (χ0v) is 16.8. The van der Waals surface area contributed by atoms with Gasteiger partial charge in [-0.3, -0.25) is 9.69 Å². The molecule has 0 bridgehead atoms. The number of aromatic nitrogens is 2. The molecule has 0 radical (unpaired) electrons. The molecule has 1 aliphatic rings. The third kappa shape index (κ3) is 5.30. The molecular weight excluding hydrogens is 374 g/mol. The van der Waals surface area contributed by atoms with Crippen molar-refractivity contribution >= 4 is 23.6 Å². The van der Waals surface area contributed by atoms with Crippen molar-refractivity contribution in [2.24, 2.45) is 0 Å². The van der Waals surface area contributed by atoms with Gasteiger partial charge in [-0.25, -0.2) is 9.97 Å². The zero-order valence-electron chi connectivity index (χ0n) is 16.8. The van der Waals surface area contributed by atoms with Crippen LogP contribution in [0, 0.1) is 0 Å². The second-order valence-corrected chi connectivity index (χ2v) is 7.16. The molecule has 4 rings (SSSR count). The van der Waals surface area contributed by atoms with E-state index in [0.717, 1.165) is 25.3 Å². The Bertz CT molecular complexity index is 983. The standard InChI is InChI=1S/C24H25N5O/c30-23(22-13-14-25-24(27-22)26-21-11-5-2-6-12-21)29-18-16-28(17-19-29)15-7-10-20-8-3-1-4-9-20/h1-14H,15-19H2,(H,25,26,27)/b10-7+. The Hall–Kier alpha value is -3.51. The minimum atomic E-state index is -0.0482. The van der Waals surface area contributed by atoms with Gasteiger partial charge in [0.05, 0.1) is 0 Å². The van der Waals surface area contributed by atoms with Crippen molar-refractivity contribution in [1.29, 1.82) is 0 Å². The molecule has 0 aliphatic carbocycles. The first-order chi connectivity index (χ1) is 14.8. The first-order valence-electron chi connectivity index (χ1n) is 10.2. The second kappa shape index (κ2) is 9.80. The number of nitrogens with zero attached hydrogens (tertiary/aromatic N) is 4. The van der Waals surface area contributed by atoms with Crippen molar-refractivity contribution in [1.82, 2.24) is 19.8 Å². The molecule has 6 nitrogen and oxygen atoms in total. The molecule has 1 fully saturated rings. The van der Waals surface area contributed by atoms with Crippen LogP contribution in [0.3, 0.4) is 0 Å². The maximum Gasteiger partial charge on any atom is 0.272 e. The molecule has 1 amide bonds. The lowest BCUT2D eigenvalue weighted by Gasteiger charge is -2.34. The van der Waals surface area contributed by atoms with Crippen LogP contribution >= 0.6 is 0 Å². The average molecular weight is 399 g/mol. The summed E-state index contributed by atoms with van der Waals surface area (Å²) in [6, 6.07) is 21.6. The number of benzene rings is 2. The van der Waals surface area contributed by atoms with Gasteiger partial charge in [-0.1, -0.05) is 60.7 Å². The summed E-state index contributed by atoms with van der Waals surface area (Å²) >= 11 is 0. The van der Waals surface area contributed by atoms with Gasteiger partial charge in [0.25, 0.3) is 5.91 Å². The number of anilines is 2. The molecular formula is C24H25N5O. The Morgan fingerprint density at radius 3 is 2.37 bits per heavy atom. The fourth-order valence-corrected chi connectivity index (χ4v) is 3.39. The predicted molar refractivity (Wildman–Crippen MR) is 120 cm³/mol. The molecule has 0 spiro atoms. The van der Waals surface area contributed by atoms with E-state index in [1.54, 1.807) is 12.3 Å². The summed E-state index contributed by atoms with van der Waals surface area (Å²) in [5.41, 5.74) is 2.51. The molecule has 0 saturated carbocycles. The van der Waals surface area contributed by atoms with Gasteiger partial charge in [0, 0.05) is 44.6 Å². The molecule has 6 heteroatoms. The van der Waals surface area contributed by atoms with E-state index in [2.05, 4.69) is 44.5 Å². The first-order valence-corrected chi connectivity index (χ1v) is 10.2. The number of carbonyl (C=O) groups is 1. The van der Waals surface area contributed by atoms with Gasteiger partial charge in [-0.15, -0.1) is 0 Å². The van der Waals surface area contributed by atoms with Crippen LogP contribution in [0.1, 0.15) is 16.1 Å². The highest BCUT2D eigenvalue weighted by Crippen LogP contribution is 2.13. The molecule has 1 aliphatic heterocycles. The number of amides is 1. The molecule has 2 aromatic carbocycles. The van der Waals surface area contributed by atoms with Crippen molar-refractivity contribution in [3.8, 4) is 0 Å². The Labute approximate surface area is 176 Å². The monoisotopic (exact) mass is 399 g/mol. The molecule has 1 aromatic heterocycles. The lowest BCUT2D eigenvalue weighted by molar-refractivity contribution is 0.0644. The highest BCUT2D eigenvalue weighted by molar-refractivity contribution is 5.92. The zero-order chi connectivity index (χ0) is 20.6. The van der Waals surface area contributed by atoms with Crippen LogP contribution in [-0.2, 0) is 0 Å². The predicted octanol–water partition coefficient (Wildman–Crippen LogP) is 3.69. The van der Waals surface area contributed by atoms with Gasteiger partial charge >= 0.3 is 0 Å². The molecule has 30 heavy (non-hydrogen) atoms. The summed E-state index contributed by atoms with van der Waals surface area (Å²) < 4.78 is 0. The second-order valence-electron chi connectivity index (χ2n) is 7.16. The maximum atomic E-state index is 12.9. The fourth-order valence-electron chi connectivity index (χ4n) is 3.39. The summed E-state index contributed by atoms with van der Waals surface area (Å²) in [7, 11) is 0. The maximum absolute atomic E-state index is 12.9. The van der Waals surface area contributed by atoms with Gasteiger partial charge in [-0.2, -0.15) is 0 Å². The summed E-state index contributed by atoms with van der Waals surface area (Å²) in [6.45, 7) is 3.98. The SMILES string of the molecule is O=C(c1ccnc(Nc2ccccc2)n1)N1CCN(C/C=C/c2ccccc2)CC1. The van der Waals surface area contributed by atoms with E-state index in [1.165, 1.54) is 5.56 Å². The molecule has 152 valence electrons. The first kappa shape index (κ1) is 19.8. The molecule has 2 heterocycles. The quantitative estimate of drug-likeness (QED) is 0.685. The Morgan fingerprint density at radius 1 is 0.933 bits per heavy atom. The van der Waals surface area contributed by atoms with E-state index in [0.29, 0.717) is 24.7 Å². The van der Waals surface area contributed by atoms with Crippen molar-refractivity contribution in [3.05, 3.63) is 90.3 Å². The normalized spacial score (nSPS) is 14.7. The lowest BCUT2D eigenvalue weighted by Crippen LogP contribution is -2.48. The van der Waals surface area contributed by atoms with Crippen LogP contribution in [-0.4, -0.2) is 58.4 Å². The topological polar surface area (TPSA) is 61.4 Å². The van der Waals surface area contributed by atoms with Crippen LogP contribution in [0.4, 0.5) is 11.6 Å². The molecule has 0 unspecified atom stereocenters. The van der Waals surface area contributed by atoms with E-state index in [9.17, 15) is 4.79 Å². The van der Waals surface area contributed by atoms with Gasteiger partial charge < -0.3 is 10.2 Å². The van der Waals surface area contributed by atoms with E-state index >= 15 is 0 Å². The summed E-state index contributed by atoms with van der Waals surface area (Å²) in [6.07, 6.45) is 5.94. The molecule has 1 N–H and O–H groups in total. The largest absolute Gasteiger partial charge is 0.335 e. The lowest BCUT2D eigenvalue weighted by atomic mass is 10.2. The van der Waals surface area contributed by atoms with Crippen LogP contribution < -0.4 is 5.32 Å². The minimum absolute atomic E-state index is 0.0482. The fraction of sp³-hybridized carbons (Fsp3) is 0.208. The number of hydrogen-bond donors (Lipinski definition) is 1. The highest BCUT2D eigenvalue weighted by atomic mass is 16.2. The average Bonchev–Trinajstić information content (AvgIpc) is 2.81. The van der Waals surface area contributed by atoms with Gasteiger partial charge in [0.2, 0.25) is 5.95 Å². The number of para-hydroxylation sites is 1. The van der Waals surface area contributed by atoms with E-state index in [1.807, 2.05) is 53.4 Å². The van der Waals surface area contributed by atoms with Crippen molar-refractivity contribution in [2.75, 3.05) is 38.0 Å². The Balaban J connectivity index is 1.30. The third-order valence-electron chi connectivity index (χ3n) is 5.04. The summed E-state index contributed by atoms with van der Waals surface area (Å²) in [5.74, 6) is 0.379. The van der Waals surface area contributed by atoms with Crippen molar-refractivity contribution < 1.29 is 4.79 Å². The third-order valence-corrected chi connectivity index (χ3v) is 5.04. The molecule has 1 saturated heterocycles. The molecule has 0 atom stereocenters. The summed E-state index contributed by atoms with van der Waals surface area (Å²) in [4.78, 5) is 25.7. The van der Waals surface area contributed by atoms with Crippen LogP contribution in [0.25, 0.3) is 6.08 Å². The van der Waals surface area contributed by atoms with E-state index in [-0.39, 0.29) is 5.91 Å². The van der Waals surface area contributed by atoms with Crippen LogP contribution in [0.15, 0.2) is 79.0 Å². The van der Waals surface area contributed by atoms with E-state index < -0.39 is 0 Å². The van der Waals surface area contributed by atoms with Crippen molar-refractivity contribution in [3.63, 3.8) is 0 Å². The smallest absolute Gasteiger partial charge is 0.272 e. The van der Waals surface area contributed by atoms with Crippen LogP contribution in [0.2, 0.25) is 0 Å². The summed E-state index contributed by atoms with van der Waals surface area (Å²) in [5, 5.41) is 3.14. The van der Waals surface area contributed by atoms with Gasteiger partial charge in [0.15, 0.2) is 0 Å². The number of carbonyl (C=O) groups excluding carboxylic acids is 1. The molecule has 3 aromatic rings. The number of piperazine rings is 1.